The standard InChI is InChI=1S/C22H17BrFN3O2S/c23-18-11-12-20(19(24)13-18)26-30(28,29)21-15-27(14-16-7-3-1-4-8-16)25-22(21)17-9-5-2-6-10-17/h1-13,15,26H,14H2. The summed E-state index contributed by atoms with van der Waals surface area (Å²) >= 11 is 3.17. The van der Waals surface area contributed by atoms with Crippen LogP contribution in [0, 0.1) is 5.82 Å². The Labute approximate surface area is 182 Å². The fraction of sp³-hybridized carbons (Fsp3) is 0.0455. The highest BCUT2D eigenvalue weighted by atomic mass is 79.9. The maximum absolute atomic E-state index is 14.2. The third-order valence-corrected chi connectivity index (χ3v) is 6.29. The van der Waals surface area contributed by atoms with Crippen LogP contribution in [0.2, 0.25) is 0 Å². The molecular formula is C22H17BrFN3O2S. The summed E-state index contributed by atoms with van der Waals surface area (Å²) < 4.78 is 45.0. The van der Waals surface area contributed by atoms with Gasteiger partial charge in [0.2, 0.25) is 0 Å². The second-order valence-electron chi connectivity index (χ2n) is 6.62. The van der Waals surface area contributed by atoms with E-state index in [2.05, 4.69) is 25.8 Å². The van der Waals surface area contributed by atoms with Gasteiger partial charge in [0, 0.05) is 16.2 Å². The molecule has 0 radical (unpaired) electrons. The van der Waals surface area contributed by atoms with E-state index in [0.717, 1.165) is 5.56 Å². The molecular weight excluding hydrogens is 469 g/mol. The first-order valence-electron chi connectivity index (χ1n) is 9.07. The van der Waals surface area contributed by atoms with Crippen molar-refractivity contribution in [2.24, 2.45) is 0 Å². The highest BCUT2D eigenvalue weighted by Crippen LogP contribution is 2.29. The number of aromatic nitrogens is 2. The van der Waals surface area contributed by atoms with E-state index in [1.165, 1.54) is 18.3 Å². The zero-order chi connectivity index (χ0) is 21.1. The van der Waals surface area contributed by atoms with Gasteiger partial charge in [-0.05, 0) is 23.8 Å². The smallest absolute Gasteiger partial charge is 0.265 e. The summed E-state index contributed by atoms with van der Waals surface area (Å²) in [7, 11) is -4.09. The van der Waals surface area contributed by atoms with Crippen molar-refractivity contribution < 1.29 is 12.8 Å². The highest BCUT2D eigenvalue weighted by molar-refractivity contribution is 9.10. The molecule has 0 bridgehead atoms. The number of hydrogen-bond donors (Lipinski definition) is 1. The summed E-state index contributed by atoms with van der Waals surface area (Å²) in [5.41, 5.74) is 1.81. The Morgan fingerprint density at radius 2 is 1.63 bits per heavy atom. The summed E-state index contributed by atoms with van der Waals surface area (Å²) in [5, 5.41) is 4.52. The number of sulfonamides is 1. The van der Waals surface area contributed by atoms with Crippen molar-refractivity contribution in [2.45, 2.75) is 11.4 Å². The predicted molar refractivity (Wildman–Crippen MR) is 118 cm³/mol. The van der Waals surface area contributed by atoms with Crippen molar-refractivity contribution in [1.82, 2.24) is 9.78 Å². The molecule has 0 aliphatic rings. The van der Waals surface area contributed by atoms with Gasteiger partial charge in [-0.1, -0.05) is 76.6 Å². The Balaban J connectivity index is 1.76. The van der Waals surface area contributed by atoms with Gasteiger partial charge in [0.05, 0.1) is 12.2 Å². The molecule has 0 fully saturated rings. The Bertz CT molecular complexity index is 1280. The van der Waals surface area contributed by atoms with Crippen LogP contribution in [0.1, 0.15) is 5.56 Å². The van der Waals surface area contributed by atoms with Crippen LogP contribution >= 0.6 is 15.9 Å². The molecule has 4 rings (SSSR count). The lowest BCUT2D eigenvalue weighted by Gasteiger charge is -2.09. The number of anilines is 1. The molecule has 5 nitrogen and oxygen atoms in total. The molecule has 1 aromatic heterocycles. The molecule has 0 unspecified atom stereocenters. The van der Waals surface area contributed by atoms with Crippen molar-refractivity contribution in [3.8, 4) is 11.3 Å². The van der Waals surface area contributed by atoms with Crippen LogP contribution in [0.25, 0.3) is 11.3 Å². The first-order chi connectivity index (χ1) is 14.4. The van der Waals surface area contributed by atoms with Crippen LogP contribution < -0.4 is 4.72 Å². The fourth-order valence-corrected chi connectivity index (χ4v) is 4.59. The molecule has 0 atom stereocenters. The second-order valence-corrected chi connectivity index (χ2v) is 9.19. The van der Waals surface area contributed by atoms with Crippen molar-refractivity contribution in [3.05, 3.63) is 101 Å². The first-order valence-corrected chi connectivity index (χ1v) is 11.3. The van der Waals surface area contributed by atoms with E-state index >= 15 is 0 Å². The lowest BCUT2D eigenvalue weighted by molar-refractivity contribution is 0.598. The minimum absolute atomic E-state index is 0.0213. The molecule has 0 saturated carbocycles. The number of nitrogens with zero attached hydrogens (tertiary/aromatic N) is 2. The Morgan fingerprint density at radius 3 is 2.30 bits per heavy atom. The van der Waals surface area contributed by atoms with E-state index in [4.69, 9.17) is 0 Å². The SMILES string of the molecule is O=S(=O)(Nc1ccc(Br)cc1F)c1cn(Cc2ccccc2)nc1-c1ccccc1. The average Bonchev–Trinajstić information content (AvgIpc) is 3.16. The molecule has 152 valence electrons. The van der Waals surface area contributed by atoms with Crippen LogP contribution in [0.15, 0.2) is 94.4 Å². The molecule has 0 saturated heterocycles. The summed E-state index contributed by atoms with van der Waals surface area (Å²) in [6, 6.07) is 22.8. The third kappa shape index (κ3) is 4.44. The molecule has 1 N–H and O–H groups in total. The Kier molecular flexibility index (Phi) is 5.69. The number of nitrogens with one attached hydrogen (secondary N) is 1. The number of hydrogen-bond acceptors (Lipinski definition) is 3. The van der Waals surface area contributed by atoms with Crippen molar-refractivity contribution in [2.75, 3.05) is 4.72 Å². The second kappa shape index (κ2) is 8.41. The molecule has 4 aromatic rings. The van der Waals surface area contributed by atoms with E-state index in [-0.39, 0.29) is 10.6 Å². The van der Waals surface area contributed by atoms with Crippen molar-refractivity contribution in [1.29, 1.82) is 0 Å². The topological polar surface area (TPSA) is 64.0 Å². The Morgan fingerprint density at radius 1 is 0.967 bits per heavy atom. The summed E-state index contributed by atoms with van der Waals surface area (Å²) in [5.74, 6) is -0.675. The van der Waals surface area contributed by atoms with Gasteiger partial charge in [0.25, 0.3) is 10.0 Å². The maximum atomic E-state index is 14.2. The van der Waals surface area contributed by atoms with Gasteiger partial charge in [-0.15, -0.1) is 0 Å². The summed E-state index contributed by atoms with van der Waals surface area (Å²) in [4.78, 5) is -0.0213. The first kappa shape index (κ1) is 20.3. The van der Waals surface area contributed by atoms with E-state index in [9.17, 15) is 12.8 Å². The van der Waals surface area contributed by atoms with Crippen molar-refractivity contribution in [3.63, 3.8) is 0 Å². The fourth-order valence-electron chi connectivity index (χ4n) is 3.02. The average molecular weight is 486 g/mol. The maximum Gasteiger partial charge on any atom is 0.265 e. The molecule has 0 aliphatic carbocycles. The van der Waals surface area contributed by atoms with E-state index in [0.29, 0.717) is 22.3 Å². The molecule has 30 heavy (non-hydrogen) atoms. The van der Waals surface area contributed by atoms with Gasteiger partial charge in [0.1, 0.15) is 16.4 Å². The minimum Gasteiger partial charge on any atom is -0.277 e. The summed E-state index contributed by atoms with van der Waals surface area (Å²) in [6.07, 6.45) is 1.47. The van der Waals surface area contributed by atoms with E-state index in [1.807, 2.05) is 48.5 Å². The molecule has 0 aliphatic heterocycles. The molecule has 0 amide bonds. The third-order valence-electron chi connectivity index (χ3n) is 4.43. The molecule has 1 heterocycles. The number of rotatable bonds is 6. The van der Waals surface area contributed by atoms with E-state index < -0.39 is 15.8 Å². The van der Waals surface area contributed by atoms with Gasteiger partial charge in [-0.2, -0.15) is 5.10 Å². The highest BCUT2D eigenvalue weighted by Gasteiger charge is 2.25. The quantitative estimate of drug-likeness (QED) is 0.402. The lowest BCUT2D eigenvalue weighted by atomic mass is 10.2. The van der Waals surface area contributed by atoms with Crippen LogP contribution in [-0.2, 0) is 16.6 Å². The minimum atomic E-state index is -4.09. The van der Waals surface area contributed by atoms with Crippen molar-refractivity contribution >= 4 is 31.6 Å². The molecule has 8 heteroatoms. The van der Waals surface area contributed by atoms with E-state index in [1.54, 1.807) is 22.9 Å². The lowest BCUT2D eigenvalue weighted by Crippen LogP contribution is -2.14. The summed E-state index contributed by atoms with van der Waals surface area (Å²) in [6.45, 7) is 0.406. The van der Waals surface area contributed by atoms with Crippen LogP contribution in [0.5, 0.6) is 0 Å². The van der Waals surface area contributed by atoms with Gasteiger partial charge < -0.3 is 0 Å². The van der Waals surface area contributed by atoms with Crippen LogP contribution in [-0.4, -0.2) is 18.2 Å². The zero-order valence-corrected chi connectivity index (χ0v) is 18.1. The normalized spacial score (nSPS) is 11.4. The monoisotopic (exact) mass is 485 g/mol. The van der Waals surface area contributed by atoms with Gasteiger partial charge in [0.15, 0.2) is 0 Å². The predicted octanol–water partition coefficient (Wildman–Crippen LogP) is 5.30. The van der Waals surface area contributed by atoms with Crippen LogP contribution in [0.3, 0.4) is 0 Å². The molecule has 3 aromatic carbocycles. The Hall–Kier alpha value is -2.97. The number of benzene rings is 3. The largest absolute Gasteiger partial charge is 0.277 e. The van der Waals surface area contributed by atoms with Gasteiger partial charge >= 0.3 is 0 Å². The molecule has 0 spiro atoms. The number of halogens is 2. The zero-order valence-electron chi connectivity index (χ0n) is 15.7. The van der Waals surface area contributed by atoms with Gasteiger partial charge in [-0.3, -0.25) is 9.40 Å². The van der Waals surface area contributed by atoms with Gasteiger partial charge in [-0.25, -0.2) is 12.8 Å². The van der Waals surface area contributed by atoms with Crippen LogP contribution in [0.4, 0.5) is 10.1 Å².